The number of carbonyl (C=O) groups is 2. The van der Waals surface area contributed by atoms with Crippen LogP contribution in [0.4, 0.5) is 5.69 Å². The number of hydrogen-bond donors (Lipinski definition) is 2. The highest BCUT2D eigenvalue weighted by atomic mass is 79.9. The van der Waals surface area contributed by atoms with E-state index in [9.17, 15) is 9.59 Å². The van der Waals surface area contributed by atoms with Crippen LogP contribution < -0.4 is 10.2 Å². The molecular weight excluding hydrogens is 346 g/mol. The topological polar surface area (TPSA) is 53.9 Å². The van der Waals surface area contributed by atoms with Crippen LogP contribution in [0.3, 0.4) is 0 Å². The van der Waals surface area contributed by atoms with E-state index in [0.29, 0.717) is 0 Å². The van der Waals surface area contributed by atoms with Crippen LogP contribution >= 0.6 is 15.9 Å². The smallest absolute Gasteiger partial charge is 0.282 e. The Morgan fingerprint density at radius 2 is 1.95 bits per heavy atom. The van der Waals surface area contributed by atoms with Crippen molar-refractivity contribution < 1.29 is 14.5 Å². The fourth-order valence-corrected chi connectivity index (χ4v) is 3.28. The average molecular weight is 369 g/mol. The van der Waals surface area contributed by atoms with Crippen molar-refractivity contribution in [1.82, 2.24) is 4.90 Å². The maximum Gasteiger partial charge on any atom is 0.282 e. The summed E-state index contributed by atoms with van der Waals surface area (Å²) in [4.78, 5) is 26.8. The molecule has 2 amide bonds. The summed E-state index contributed by atoms with van der Waals surface area (Å²) in [6, 6.07) is 5.73. The lowest BCUT2D eigenvalue weighted by Crippen LogP contribution is -3.19. The number of hydrogen-bond acceptors (Lipinski definition) is 2. The molecular formula is C16H23BrN3O2+. The van der Waals surface area contributed by atoms with Crippen molar-refractivity contribution in [2.75, 3.05) is 31.5 Å². The normalized spacial score (nSPS) is 17.2. The molecule has 2 N–H and O–H groups in total. The van der Waals surface area contributed by atoms with Crippen LogP contribution in [0.25, 0.3) is 0 Å². The molecule has 1 aliphatic rings. The number of nitrogens with one attached hydrogen (secondary N) is 2. The third-order valence-electron chi connectivity index (χ3n) is 4.24. The van der Waals surface area contributed by atoms with Gasteiger partial charge in [0, 0.05) is 11.4 Å². The largest absolute Gasteiger partial charge is 0.332 e. The minimum atomic E-state index is -0.137. The van der Waals surface area contributed by atoms with Crippen LogP contribution in [0.1, 0.15) is 19.4 Å². The van der Waals surface area contributed by atoms with Crippen LogP contribution in [0, 0.1) is 6.92 Å². The SMILES string of the molecule is CC(=O)N1CC[NH+]([C@@H](C)C(=O)Nc2ccc(C)cc2Br)CC1. The van der Waals surface area contributed by atoms with Crippen LogP contribution in [0.15, 0.2) is 22.7 Å². The zero-order valence-electron chi connectivity index (χ0n) is 13.3. The number of aryl methyl sites for hydroxylation is 1. The Labute approximate surface area is 139 Å². The first-order valence-electron chi connectivity index (χ1n) is 7.55. The van der Waals surface area contributed by atoms with Gasteiger partial charge in [-0.1, -0.05) is 6.07 Å². The highest BCUT2D eigenvalue weighted by molar-refractivity contribution is 9.10. The van der Waals surface area contributed by atoms with Gasteiger partial charge in [-0.05, 0) is 47.5 Å². The molecule has 1 aromatic carbocycles. The third-order valence-corrected chi connectivity index (χ3v) is 4.90. The minimum Gasteiger partial charge on any atom is -0.332 e. The summed E-state index contributed by atoms with van der Waals surface area (Å²) in [6.07, 6.45) is 0. The first kappa shape index (κ1) is 17.0. The number of amides is 2. The summed E-state index contributed by atoms with van der Waals surface area (Å²) >= 11 is 3.48. The molecule has 0 bridgehead atoms. The van der Waals surface area contributed by atoms with Gasteiger partial charge in [0.2, 0.25) is 5.91 Å². The van der Waals surface area contributed by atoms with Gasteiger partial charge in [-0.3, -0.25) is 9.59 Å². The van der Waals surface area contributed by atoms with Crippen molar-refractivity contribution >= 4 is 33.4 Å². The van der Waals surface area contributed by atoms with Crippen molar-refractivity contribution in [3.8, 4) is 0 Å². The predicted octanol–water partition coefficient (Wildman–Crippen LogP) is 0.832. The molecule has 0 radical (unpaired) electrons. The van der Waals surface area contributed by atoms with E-state index < -0.39 is 0 Å². The second kappa shape index (κ2) is 7.24. The quantitative estimate of drug-likeness (QED) is 0.830. The van der Waals surface area contributed by atoms with Gasteiger partial charge in [0.1, 0.15) is 0 Å². The van der Waals surface area contributed by atoms with Gasteiger partial charge in [-0.25, -0.2) is 0 Å². The number of anilines is 1. The van der Waals surface area contributed by atoms with E-state index in [-0.39, 0.29) is 17.9 Å². The fraction of sp³-hybridized carbons (Fsp3) is 0.500. The van der Waals surface area contributed by atoms with Crippen molar-refractivity contribution in [1.29, 1.82) is 0 Å². The van der Waals surface area contributed by atoms with Crippen LogP contribution in [0.5, 0.6) is 0 Å². The second-order valence-electron chi connectivity index (χ2n) is 5.86. The molecule has 0 saturated carbocycles. The van der Waals surface area contributed by atoms with E-state index in [4.69, 9.17) is 0 Å². The van der Waals surface area contributed by atoms with Crippen LogP contribution in [-0.4, -0.2) is 48.9 Å². The lowest BCUT2D eigenvalue weighted by molar-refractivity contribution is -0.917. The van der Waals surface area contributed by atoms with E-state index in [2.05, 4.69) is 21.2 Å². The summed E-state index contributed by atoms with van der Waals surface area (Å²) in [5, 5.41) is 2.98. The maximum atomic E-state index is 12.4. The molecule has 1 saturated heterocycles. The third kappa shape index (κ3) is 4.08. The number of rotatable bonds is 3. The molecule has 0 aliphatic carbocycles. The lowest BCUT2D eigenvalue weighted by Gasteiger charge is -2.34. The molecule has 1 fully saturated rings. The monoisotopic (exact) mass is 368 g/mol. The van der Waals surface area contributed by atoms with Crippen LogP contribution in [0.2, 0.25) is 0 Å². The number of nitrogens with zero attached hydrogens (tertiary/aromatic N) is 1. The molecule has 1 aromatic rings. The summed E-state index contributed by atoms with van der Waals surface area (Å²) in [6.45, 7) is 8.60. The first-order valence-corrected chi connectivity index (χ1v) is 8.35. The highest BCUT2D eigenvalue weighted by Crippen LogP contribution is 2.23. The van der Waals surface area contributed by atoms with Gasteiger partial charge >= 0.3 is 0 Å². The van der Waals surface area contributed by atoms with E-state index in [1.165, 1.54) is 4.90 Å². The Kier molecular flexibility index (Phi) is 5.58. The molecule has 2 rings (SSSR count). The number of carbonyl (C=O) groups excluding carboxylic acids is 2. The van der Waals surface area contributed by atoms with Crippen molar-refractivity contribution in [2.24, 2.45) is 0 Å². The highest BCUT2D eigenvalue weighted by Gasteiger charge is 2.30. The van der Waals surface area contributed by atoms with Crippen molar-refractivity contribution in [3.63, 3.8) is 0 Å². The molecule has 0 spiro atoms. The molecule has 120 valence electrons. The summed E-state index contributed by atoms with van der Waals surface area (Å²) in [5.74, 6) is 0.121. The summed E-state index contributed by atoms with van der Waals surface area (Å²) in [5.41, 5.74) is 1.94. The zero-order chi connectivity index (χ0) is 16.3. The van der Waals surface area contributed by atoms with Crippen molar-refractivity contribution in [3.05, 3.63) is 28.2 Å². The minimum absolute atomic E-state index is 0.0100. The predicted molar refractivity (Wildman–Crippen MR) is 89.9 cm³/mol. The van der Waals surface area contributed by atoms with E-state index >= 15 is 0 Å². The molecule has 0 aromatic heterocycles. The zero-order valence-corrected chi connectivity index (χ0v) is 14.9. The van der Waals surface area contributed by atoms with E-state index in [1.807, 2.05) is 36.9 Å². The lowest BCUT2D eigenvalue weighted by atomic mass is 10.2. The van der Waals surface area contributed by atoms with Gasteiger partial charge in [-0.15, -0.1) is 0 Å². The summed E-state index contributed by atoms with van der Waals surface area (Å²) < 4.78 is 0.893. The Morgan fingerprint density at radius 1 is 1.32 bits per heavy atom. The molecule has 5 nitrogen and oxygen atoms in total. The average Bonchev–Trinajstić information content (AvgIpc) is 2.49. The van der Waals surface area contributed by atoms with Gasteiger partial charge in [-0.2, -0.15) is 0 Å². The van der Waals surface area contributed by atoms with Crippen molar-refractivity contribution in [2.45, 2.75) is 26.8 Å². The van der Waals surface area contributed by atoms with Gasteiger partial charge in [0.05, 0.1) is 31.9 Å². The number of halogens is 1. The second-order valence-corrected chi connectivity index (χ2v) is 6.71. The Morgan fingerprint density at radius 3 is 2.50 bits per heavy atom. The molecule has 1 atom stereocenters. The van der Waals surface area contributed by atoms with E-state index in [1.54, 1.807) is 6.92 Å². The molecule has 22 heavy (non-hydrogen) atoms. The number of benzene rings is 1. The van der Waals surface area contributed by atoms with Gasteiger partial charge in [0.25, 0.3) is 5.91 Å². The molecule has 0 unspecified atom stereocenters. The Bertz CT molecular complexity index is 569. The summed E-state index contributed by atoms with van der Waals surface area (Å²) in [7, 11) is 0. The first-order chi connectivity index (χ1) is 10.4. The maximum absolute atomic E-state index is 12.4. The Balaban J connectivity index is 1.94. The molecule has 1 heterocycles. The standard InChI is InChI=1S/C16H22BrN3O2/c1-11-4-5-15(14(17)10-11)18-16(22)12(2)19-6-8-20(9-7-19)13(3)21/h4-5,10,12H,6-9H2,1-3H3,(H,18,22)/p+1/t12-/m0/s1. The van der Waals surface area contributed by atoms with Crippen LogP contribution in [-0.2, 0) is 9.59 Å². The Hall–Kier alpha value is -1.40. The molecule has 1 aliphatic heterocycles. The van der Waals surface area contributed by atoms with Gasteiger partial charge in [0.15, 0.2) is 6.04 Å². The number of piperazine rings is 1. The number of quaternary nitrogens is 1. The van der Waals surface area contributed by atoms with Gasteiger partial charge < -0.3 is 15.1 Å². The fourth-order valence-electron chi connectivity index (χ4n) is 2.69. The molecule has 6 heteroatoms. The van der Waals surface area contributed by atoms with E-state index in [0.717, 1.165) is 41.9 Å².